The van der Waals surface area contributed by atoms with Crippen molar-refractivity contribution in [3.05, 3.63) is 41.6 Å². The molecule has 17 heavy (non-hydrogen) atoms. The molecule has 0 unspecified atom stereocenters. The van der Waals surface area contributed by atoms with E-state index in [0.29, 0.717) is 12.5 Å². The van der Waals surface area contributed by atoms with Gasteiger partial charge >= 0.3 is 0 Å². The lowest BCUT2D eigenvalue weighted by Crippen LogP contribution is -2.02. The molecule has 0 aliphatic heterocycles. The second-order valence-electron chi connectivity index (χ2n) is 4.50. The Labute approximate surface area is 102 Å². The minimum absolute atomic E-state index is 0.548. The van der Waals surface area contributed by atoms with E-state index in [4.69, 9.17) is 10.3 Å². The van der Waals surface area contributed by atoms with Crippen LogP contribution in [0.5, 0.6) is 0 Å². The highest BCUT2D eigenvalue weighted by Crippen LogP contribution is 2.23. The van der Waals surface area contributed by atoms with E-state index in [9.17, 15) is 0 Å². The number of hydrogen-bond acceptors (Lipinski definition) is 3. The fourth-order valence-electron chi connectivity index (χ4n) is 1.75. The molecule has 2 N–H and O–H groups in total. The van der Waals surface area contributed by atoms with E-state index in [2.05, 4.69) is 43.3 Å². The summed E-state index contributed by atoms with van der Waals surface area (Å²) < 4.78 is 5.30. The van der Waals surface area contributed by atoms with Crippen LogP contribution in [0.15, 0.2) is 34.9 Å². The largest absolute Gasteiger partial charge is 0.356 e. The quantitative estimate of drug-likeness (QED) is 0.878. The Balaban J connectivity index is 2.21. The molecule has 90 valence electrons. The molecular formula is C14H18N2O. The first-order valence-electron chi connectivity index (χ1n) is 5.96. The minimum Gasteiger partial charge on any atom is -0.356 e. The van der Waals surface area contributed by atoms with Gasteiger partial charge in [0.25, 0.3) is 0 Å². The van der Waals surface area contributed by atoms with Gasteiger partial charge in [0.1, 0.15) is 0 Å². The summed E-state index contributed by atoms with van der Waals surface area (Å²) in [7, 11) is 0. The zero-order valence-electron chi connectivity index (χ0n) is 10.3. The van der Waals surface area contributed by atoms with Gasteiger partial charge in [0.2, 0.25) is 0 Å². The van der Waals surface area contributed by atoms with Crippen molar-refractivity contribution in [1.29, 1.82) is 0 Å². The van der Waals surface area contributed by atoms with Gasteiger partial charge in [0.05, 0.1) is 5.69 Å². The number of nitrogens with zero attached hydrogens (tertiary/aromatic N) is 1. The van der Waals surface area contributed by atoms with Crippen LogP contribution in [0.25, 0.3) is 11.3 Å². The summed E-state index contributed by atoms with van der Waals surface area (Å²) in [6.07, 6.45) is 0.758. The van der Waals surface area contributed by atoms with Crippen LogP contribution in [0, 0.1) is 0 Å². The van der Waals surface area contributed by atoms with Gasteiger partial charge in [0.15, 0.2) is 5.76 Å². The number of benzene rings is 1. The topological polar surface area (TPSA) is 52.0 Å². The molecule has 0 saturated heterocycles. The highest BCUT2D eigenvalue weighted by atomic mass is 16.5. The summed E-state index contributed by atoms with van der Waals surface area (Å²) in [5.41, 5.74) is 8.78. The lowest BCUT2D eigenvalue weighted by atomic mass is 10.0. The van der Waals surface area contributed by atoms with Crippen molar-refractivity contribution in [2.45, 2.75) is 26.2 Å². The average molecular weight is 230 g/mol. The highest BCUT2D eigenvalue weighted by Gasteiger charge is 2.06. The normalized spacial score (nSPS) is 11.1. The van der Waals surface area contributed by atoms with Crippen LogP contribution in [-0.4, -0.2) is 11.7 Å². The molecule has 0 aliphatic carbocycles. The van der Waals surface area contributed by atoms with Gasteiger partial charge in [0, 0.05) is 18.1 Å². The third-order valence-corrected chi connectivity index (χ3v) is 2.82. The van der Waals surface area contributed by atoms with Crippen molar-refractivity contribution in [2.24, 2.45) is 5.73 Å². The Bertz CT molecular complexity index is 471. The molecule has 0 bridgehead atoms. The van der Waals surface area contributed by atoms with Crippen LogP contribution in [0.3, 0.4) is 0 Å². The fraction of sp³-hybridized carbons (Fsp3) is 0.357. The molecule has 0 saturated carbocycles. The van der Waals surface area contributed by atoms with Crippen LogP contribution in [0.4, 0.5) is 0 Å². The molecule has 2 rings (SSSR count). The molecule has 0 spiro atoms. The second kappa shape index (κ2) is 5.15. The van der Waals surface area contributed by atoms with Gasteiger partial charge in [-0.3, -0.25) is 0 Å². The zero-order valence-corrected chi connectivity index (χ0v) is 10.3. The highest BCUT2D eigenvalue weighted by molar-refractivity contribution is 5.57. The molecule has 1 heterocycles. The van der Waals surface area contributed by atoms with E-state index in [1.165, 1.54) is 5.56 Å². The maximum atomic E-state index is 5.48. The van der Waals surface area contributed by atoms with Crippen molar-refractivity contribution in [2.75, 3.05) is 6.54 Å². The van der Waals surface area contributed by atoms with Crippen molar-refractivity contribution in [3.63, 3.8) is 0 Å². The number of nitrogens with two attached hydrogens (primary N) is 1. The molecule has 1 aromatic heterocycles. The van der Waals surface area contributed by atoms with E-state index in [0.717, 1.165) is 23.4 Å². The average Bonchev–Trinajstić information content (AvgIpc) is 2.78. The van der Waals surface area contributed by atoms with Crippen LogP contribution < -0.4 is 5.73 Å². The summed E-state index contributed by atoms with van der Waals surface area (Å²) in [5.74, 6) is 1.36. The van der Waals surface area contributed by atoms with E-state index < -0.39 is 0 Å². The predicted octanol–water partition coefficient (Wildman–Crippen LogP) is 2.97. The number of rotatable bonds is 4. The maximum absolute atomic E-state index is 5.48. The smallest absolute Gasteiger partial charge is 0.167 e. The summed E-state index contributed by atoms with van der Waals surface area (Å²) in [5, 5.41) is 3.98. The van der Waals surface area contributed by atoms with Crippen LogP contribution >= 0.6 is 0 Å². The van der Waals surface area contributed by atoms with Crippen molar-refractivity contribution < 1.29 is 4.52 Å². The van der Waals surface area contributed by atoms with Gasteiger partial charge in [-0.15, -0.1) is 0 Å². The molecule has 0 radical (unpaired) electrons. The summed E-state index contributed by atoms with van der Waals surface area (Å²) in [6.45, 7) is 4.96. The van der Waals surface area contributed by atoms with Crippen LogP contribution in [-0.2, 0) is 6.42 Å². The molecule has 0 atom stereocenters. The third-order valence-electron chi connectivity index (χ3n) is 2.82. The third kappa shape index (κ3) is 2.74. The Morgan fingerprint density at radius 2 is 1.94 bits per heavy atom. The van der Waals surface area contributed by atoms with E-state index in [1.54, 1.807) is 0 Å². The Kier molecular flexibility index (Phi) is 3.59. The molecule has 0 amide bonds. The van der Waals surface area contributed by atoms with Crippen molar-refractivity contribution in [1.82, 2.24) is 5.16 Å². The van der Waals surface area contributed by atoms with Gasteiger partial charge in [-0.25, -0.2) is 0 Å². The van der Waals surface area contributed by atoms with Gasteiger partial charge in [-0.05, 0) is 18.0 Å². The second-order valence-corrected chi connectivity index (χ2v) is 4.50. The SMILES string of the molecule is CC(C)c1ccc(-c2cc(CCN)no2)cc1. The lowest BCUT2D eigenvalue weighted by molar-refractivity contribution is 0.423. The predicted molar refractivity (Wildman–Crippen MR) is 68.8 cm³/mol. The van der Waals surface area contributed by atoms with Gasteiger partial charge in [-0.1, -0.05) is 43.3 Å². The van der Waals surface area contributed by atoms with Gasteiger partial charge in [-0.2, -0.15) is 0 Å². The lowest BCUT2D eigenvalue weighted by Gasteiger charge is -2.04. The summed E-state index contributed by atoms with van der Waals surface area (Å²) >= 11 is 0. The molecule has 3 heteroatoms. The van der Waals surface area contributed by atoms with Gasteiger partial charge < -0.3 is 10.3 Å². The van der Waals surface area contributed by atoms with E-state index in [1.807, 2.05) is 6.07 Å². The molecule has 0 aliphatic rings. The van der Waals surface area contributed by atoms with E-state index >= 15 is 0 Å². The van der Waals surface area contributed by atoms with Crippen molar-refractivity contribution in [3.8, 4) is 11.3 Å². The first-order valence-corrected chi connectivity index (χ1v) is 5.96. The number of hydrogen-bond donors (Lipinski definition) is 1. The van der Waals surface area contributed by atoms with Crippen LogP contribution in [0.1, 0.15) is 31.0 Å². The number of aromatic nitrogens is 1. The fourth-order valence-corrected chi connectivity index (χ4v) is 1.75. The maximum Gasteiger partial charge on any atom is 0.167 e. The molecule has 3 nitrogen and oxygen atoms in total. The first kappa shape index (κ1) is 11.9. The van der Waals surface area contributed by atoms with Crippen molar-refractivity contribution >= 4 is 0 Å². The Morgan fingerprint density at radius 1 is 1.24 bits per heavy atom. The minimum atomic E-state index is 0.548. The Hall–Kier alpha value is -1.61. The zero-order chi connectivity index (χ0) is 12.3. The first-order chi connectivity index (χ1) is 8.20. The molecule has 2 aromatic rings. The standard InChI is InChI=1S/C14H18N2O/c1-10(2)11-3-5-12(6-4-11)14-9-13(7-8-15)16-17-14/h3-6,9-10H,7-8,15H2,1-2H3. The van der Waals surface area contributed by atoms with E-state index in [-0.39, 0.29) is 0 Å². The summed E-state index contributed by atoms with van der Waals surface area (Å²) in [4.78, 5) is 0. The van der Waals surface area contributed by atoms with Crippen LogP contribution in [0.2, 0.25) is 0 Å². The molecule has 1 aromatic carbocycles. The summed E-state index contributed by atoms with van der Waals surface area (Å²) in [6, 6.07) is 10.4. The molecule has 0 fully saturated rings. The Morgan fingerprint density at radius 3 is 2.53 bits per heavy atom. The monoisotopic (exact) mass is 230 g/mol. The molecular weight excluding hydrogens is 212 g/mol.